The van der Waals surface area contributed by atoms with Gasteiger partial charge in [-0.3, -0.25) is 0 Å². The second-order valence-electron chi connectivity index (χ2n) is 7.66. The van der Waals surface area contributed by atoms with Crippen LogP contribution >= 0.6 is 0 Å². The van der Waals surface area contributed by atoms with Crippen molar-refractivity contribution in [3.63, 3.8) is 0 Å². The third-order valence-electron chi connectivity index (χ3n) is 5.51. The van der Waals surface area contributed by atoms with Crippen molar-refractivity contribution in [3.05, 3.63) is 71.3 Å². The van der Waals surface area contributed by atoms with Crippen LogP contribution in [0.2, 0.25) is 0 Å². The number of nitrogens with zero attached hydrogens (tertiary/aromatic N) is 5. The fourth-order valence-corrected chi connectivity index (χ4v) is 3.88. The zero-order valence-electron chi connectivity index (χ0n) is 20.3. The zero-order valence-corrected chi connectivity index (χ0v) is 20.3. The highest BCUT2D eigenvalue weighted by atomic mass is 16.5. The second-order valence-corrected chi connectivity index (χ2v) is 7.66. The Morgan fingerprint density at radius 2 is 1.73 bits per heavy atom. The van der Waals surface area contributed by atoms with E-state index in [0.717, 1.165) is 59.7 Å². The van der Waals surface area contributed by atoms with Crippen LogP contribution in [-0.4, -0.2) is 37.3 Å². The molecule has 0 saturated heterocycles. The minimum absolute atomic E-state index is 0.571. The molecular weight excluding hydrogens is 412 g/mol. The molecule has 4 aromatic rings. The van der Waals surface area contributed by atoms with Crippen molar-refractivity contribution < 1.29 is 4.74 Å². The normalized spacial score (nSPS) is 10.7. The molecule has 0 fully saturated rings. The monoisotopic (exact) mass is 446 g/mol. The molecule has 0 aliphatic heterocycles. The number of aryl methyl sites for hydroxylation is 2. The summed E-state index contributed by atoms with van der Waals surface area (Å²) in [6.45, 7) is 9.63. The molecule has 7 heteroatoms. The molecular formula is C26H34N6O. The molecule has 7 nitrogen and oxygen atoms in total. The first-order chi connectivity index (χ1) is 16.2. The lowest BCUT2D eigenvalue weighted by Crippen LogP contribution is -2.10. The molecule has 33 heavy (non-hydrogen) atoms. The van der Waals surface area contributed by atoms with E-state index < -0.39 is 0 Å². The van der Waals surface area contributed by atoms with Crippen molar-refractivity contribution in [1.82, 2.24) is 30.2 Å². The average molecular weight is 447 g/mol. The summed E-state index contributed by atoms with van der Waals surface area (Å²) in [7, 11) is 1.73. The van der Waals surface area contributed by atoms with Gasteiger partial charge in [-0.15, -0.1) is 10.2 Å². The summed E-state index contributed by atoms with van der Waals surface area (Å²) in [6.07, 6.45) is 3.27. The molecule has 0 spiro atoms. The molecule has 1 N–H and O–H groups in total. The summed E-state index contributed by atoms with van der Waals surface area (Å²) in [6, 6.07) is 16.8. The highest BCUT2D eigenvalue weighted by Gasteiger charge is 2.15. The number of tetrazole rings is 1. The fraction of sp³-hybridized carbons (Fsp3) is 0.385. The predicted molar refractivity (Wildman–Crippen MR) is 132 cm³/mol. The van der Waals surface area contributed by atoms with Gasteiger partial charge in [0.1, 0.15) is 5.82 Å². The lowest BCUT2D eigenvalue weighted by molar-refractivity contribution is 0.177. The number of nitrogens with one attached hydrogen (secondary N) is 1. The van der Waals surface area contributed by atoms with Crippen molar-refractivity contribution in [3.8, 4) is 22.5 Å². The number of imidazole rings is 1. The molecule has 0 unspecified atom stereocenters. The highest BCUT2D eigenvalue weighted by molar-refractivity contribution is 5.80. The van der Waals surface area contributed by atoms with Crippen LogP contribution in [0.15, 0.2) is 48.5 Å². The standard InChI is InChI=1S/C24H28N6O.C2H6/c1-4-5-10-23-25-17(2)22(16-31-3)30(23)15-18-11-13-19(14-12-18)20-8-6-7-9-21(20)24-26-28-29-27-24;1-2/h6-9,11-14H,4-5,10,15-16H2,1-3H3,(H,26,27,28,29);1-2H3. The molecule has 2 heterocycles. The van der Waals surface area contributed by atoms with E-state index in [1.165, 1.54) is 5.56 Å². The third kappa shape index (κ3) is 5.73. The first kappa shape index (κ1) is 24.3. The lowest BCUT2D eigenvalue weighted by Gasteiger charge is -2.13. The number of H-pyrrole nitrogens is 1. The van der Waals surface area contributed by atoms with E-state index in [0.29, 0.717) is 12.4 Å². The molecule has 0 atom stereocenters. The number of aromatic nitrogens is 6. The fourth-order valence-electron chi connectivity index (χ4n) is 3.88. The van der Waals surface area contributed by atoms with E-state index in [4.69, 9.17) is 9.72 Å². The molecule has 4 rings (SSSR count). The molecule has 174 valence electrons. The van der Waals surface area contributed by atoms with Gasteiger partial charge in [-0.2, -0.15) is 5.21 Å². The number of rotatable bonds is 9. The summed E-state index contributed by atoms with van der Waals surface area (Å²) in [5, 5.41) is 14.5. The first-order valence-electron chi connectivity index (χ1n) is 11.7. The smallest absolute Gasteiger partial charge is 0.205 e. The summed E-state index contributed by atoms with van der Waals surface area (Å²) in [5.74, 6) is 1.73. The van der Waals surface area contributed by atoms with Crippen LogP contribution in [0.4, 0.5) is 0 Å². The van der Waals surface area contributed by atoms with Gasteiger partial charge in [-0.25, -0.2) is 4.98 Å². The van der Waals surface area contributed by atoms with E-state index in [1.54, 1.807) is 7.11 Å². The summed E-state index contributed by atoms with van der Waals surface area (Å²) >= 11 is 0. The Kier molecular flexibility index (Phi) is 8.89. The number of hydrogen-bond acceptors (Lipinski definition) is 5. The molecule has 0 aliphatic carbocycles. The Morgan fingerprint density at radius 3 is 2.36 bits per heavy atom. The SMILES string of the molecule is CC.CCCCc1nc(C)c(COC)n1Cc1ccc(-c2ccccc2-c2nn[nH]n2)cc1. The minimum atomic E-state index is 0.571. The van der Waals surface area contributed by atoms with E-state index in [-0.39, 0.29) is 0 Å². The quantitative estimate of drug-likeness (QED) is 0.362. The second kappa shape index (κ2) is 12.1. The van der Waals surface area contributed by atoms with Crippen molar-refractivity contribution in [2.45, 2.75) is 60.1 Å². The summed E-state index contributed by atoms with van der Waals surface area (Å²) < 4.78 is 7.77. The van der Waals surface area contributed by atoms with Crippen LogP contribution in [0, 0.1) is 6.92 Å². The van der Waals surface area contributed by atoms with Crippen LogP contribution in [0.3, 0.4) is 0 Å². The van der Waals surface area contributed by atoms with Gasteiger partial charge in [0.25, 0.3) is 0 Å². The van der Waals surface area contributed by atoms with Crippen LogP contribution in [0.25, 0.3) is 22.5 Å². The number of hydrogen-bond donors (Lipinski definition) is 1. The van der Waals surface area contributed by atoms with Crippen LogP contribution in [-0.2, 0) is 24.3 Å². The van der Waals surface area contributed by atoms with Gasteiger partial charge in [0, 0.05) is 25.6 Å². The van der Waals surface area contributed by atoms with Crippen molar-refractivity contribution in [1.29, 1.82) is 0 Å². The highest BCUT2D eigenvalue weighted by Crippen LogP contribution is 2.30. The Balaban J connectivity index is 0.00000149. The van der Waals surface area contributed by atoms with Crippen molar-refractivity contribution >= 4 is 0 Å². The molecule has 2 aromatic carbocycles. The molecule has 0 aliphatic rings. The van der Waals surface area contributed by atoms with Crippen LogP contribution in [0.5, 0.6) is 0 Å². The maximum atomic E-state index is 5.45. The number of unbranched alkanes of at least 4 members (excludes halogenated alkanes) is 1. The lowest BCUT2D eigenvalue weighted by atomic mass is 9.98. The molecule has 0 bridgehead atoms. The van der Waals surface area contributed by atoms with Gasteiger partial charge in [-0.1, -0.05) is 75.7 Å². The van der Waals surface area contributed by atoms with Crippen LogP contribution < -0.4 is 0 Å². The zero-order chi connectivity index (χ0) is 23.6. The van der Waals surface area contributed by atoms with E-state index in [9.17, 15) is 0 Å². The maximum Gasteiger partial charge on any atom is 0.205 e. The molecule has 0 radical (unpaired) electrons. The maximum absolute atomic E-state index is 5.45. The number of aromatic amines is 1. The van der Waals surface area contributed by atoms with E-state index >= 15 is 0 Å². The number of methoxy groups -OCH3 is 1. The first-order valence-corrected chi connectivity index (χ1v) is 11.7. The molecule has 0 amide bonds. The Morgan fingerprint density at radius 1 is 1.00 bits per heavy atom. The van der Waals surface area contributed by atoms with Gasteiger partial charge in [0.15, 0.2) is 0 Å². The van der Waals surface area contributed by atoms with Crippen molar-refractivity contribution in [2.75, 3.05) is 7.11 Å². The average Bonchev–Trinajstić information content (AvgIpc) is 3.49. The minimum Gasteiger partial charge on any atom is -0.378 e. The van der Waals surface area contributed by atoms with Gasteiger partial charge in [-0.05, 0) is 35.2 Å². The predicted octanol–water partition coefficient (Wildman–Crippen LogP) is 5.60. The van der Waals surface area contributed by atoms with Gasteiger partial charge in [0.05, 0.1) is 18.0 Å². The summed E-state index contributed by atoms with van der Waals surface area (Å²) in [4.78, 5) is 4.83. The Labute approximate surface area is 196 Å². The molecule has 0 saturated carbocycles. The Hall–Kier alpha value is -3.32. The van der Waals surface area contributed by atoms with Gasteiger partial charge in [0.2, 0.25) is 5.82 Å². The number of benzene rings is 2. The Bertz CT molecular complexity index is 1120. The number of ether oxygens (including phenoxy) is 1. The van der Waals surface area contributed by atoms with Crippen LogP contribution in [0.1, 0.15) is 56.4 Å². The topological polar surface area (TPSA) is 81.5 Å². The van der Waals surface area contributed by atoms with E-state index in [1.807, 2.05) is 32.0 Å². The van der Waals surface area contributed by atoms with Gasteiger partial charge < -0.3 is 9.30 Å². The summed E-state index contributed by atoms with van der Waals surface area (Å²) in [5.41, 5.74) is 6.59. The third-order valence-corrected chi connectivity index (χ3v) is 5.51. The molecule has 2 aromatic heterocycles. The van der Waals surface area contributed by atoms with Crippen molar-refractivity contribution in [2.24, 2.45) is 0 Å². The largest absolute Gasteiger partial charge is 0.378 e. The van der Waals surface area contributed by atoms with E-state index in [2.05, 4.69) is 69.4 Å². The van der Waals surface area contributed by atoms with Gasteiger partial charge >= 0.3 is 0 Å².